The van der Waals surface area contributed by atoms with Crippen LogP contribution in [0.3, 0.4) is 0 Å². The number of benzene rings is 1. The van der Waals surface area contributed by atoms with Gasteiger partial charge in [-0.3, -0.25) is 9.59 Å². The molecule has 0 saturated carbocycles. The molecule has 1 aromatic carbocycles. The molecule has 7 heteroatoms. The second-order valence-electron chi connectivity index (χ2n) is 5.31. The van der Waals surface area contributed by atoms with Crippen LogP contribution in [0, 0.1) is 0 Å². The van der Waals surface area contributed by atoms with E-state index in [0.29, 0.717) is 5.16 Å². The third kappa shape index (κ3) is 3.09. The van der Waals surface area contributed by atoms with E-state index in [9.17, 15) is 9.59 Å². The van der Waals surface area contributed by atoms with Crippen LogP contribution >= 0.6 is 11.8 Å². The van der Waals surface area contributed by atoms with Crippen molar-refractivity contribution >= 4 is 34.6 Å². The summed E-state index contributed by atoms with van der Waals surface area (Å²) in [6.45, 7) is 1.91. The molecule has 0 bridgehead atoms. The Morgan fingerprint density at radius 2 is 1.95 bits per heavy atom. The number of thioether (sulfide) groups is 1. The van der Waals surface area contributed by atoms with E-state index in [1.54, 1.807) is 0 Å². The van der Waals surface area contributed by atoms with Crippen molar-refractivity contribution in [1.82, 2.24) is 14.5 Å². The van der Waals surface area contributed by atoms with Crippen molar-refractivity contribution < 1.29 is 9.59 Å². The quantitative estimate of drug-likeness (QED) is 0.841. The highest BCUT2D eigenvalue weighted by molar-refractivity contribution is 7.99. The van der Waals surface area contributed by atoms with Crippen LogP contribution in [0.1, 0.15) is 12.8 Å². The average Bonchev–Trinajstić information content (AvgIpc) is 3.13. The molecule has 0 atom stereocenters. The van der Waals surface area contributed by atoms with Crippen LogP contribution in [0.15, 0.2) is 29.4 Å². The lowest BCUT2D eigenvalue weighted by molar-refractivity contribution is -0.130. The van der Waals surface area contributed by atoms with Crippen molar-refractivity contribution in [2.75, 3.05) is 18.8 Å². The van der Waals surface area contributed by atoms with E-state index in [-0.39, 0.29) is 18.2 Å². The number of primary amides is 1. The molecule has 2 N–H and O–H groups in total. The van der Waals surface area contributed by atoms with Gasteiger partial charge >= 0.3 is 0 Å². The molecule has 0 spiro atoms. The lowest BCUT2D eigenvalue weighted by Crippen LogP contribution is -2.31. The summed E-state index contributed by atoms with van der Waals surface area (Å²) in [5.74, 6) is -0.141. The maximum atomic E-state index is 12.4. The van der Waals surface area contributed by atoms with E-state index in [2.05, 4.69) is 4.98 Å². The first kappa shape index (κ1) is 14.9. The van der Waals surface area contributed by atoms with Gasteiger partial charge in [-0.1, -0.05) is 23.9 Å². The third-order valence-corrected chi connectivity index (χ3v) is 4.71. The van der Waals surface area contributed by atoms with Crippen molar-refractivity contribution in [1.29, 1.82) is 0 Å². The zero-order chi connectivity index (χ0) is 15.5. The van der Waals surface area contributed by atoms with Crippen LogP contribution in [0.25, 0.3) is 11.0 Å². The molecule has 1 aliphatic rings. The predicted octanol–water partition coefficient (Wildman–Crippen LogP) is 1.24. The minimum Gasteiger partial charge on any atom is -0.369 e. The number of para-hydroxylation sites is 2. The number of amides is 2. The molecular weight excluding hydrogens is 300 g/mol. The molecule has 2 aromatic rings. The van der Waals surface area contributed by atoms with Gasteiger partial charge in [-0.15, -0.1) is 0 Å². The topological polar surface area (TPSA) is 81.2 Å². The molecule has 1 aliphatic heterocycles. The summed E-state index contributed by atoms with van der Waals surface area (Å²) in [4.78, 5) is 29.8. The molecule has 1 saturated heterocycles. The number of likely N-dealkylation sites (tertiary alicyclic amines) is 1. The Balaban J connectivity index is 1.89. The Bertz CT molecular complexity index is 707. The summed E-state index contributed by atoms with van der Waals surface area (Å²) >= 11 is 1.27. The van der Waals surface area contributed by atoms with Gasteiger partial charge in [-0.2, -0.15) is 0 Å². The average molecular weight is 318 g/mol. The number of hydrogen-bond donors (Lipinski definition) is 1. The van der Waals surface area contributed by atoms with Crippen LogP contribution in [-0.4, -0.2) is 45.1 Å². The summed E-state index contributed by atoms with van der Waals surface area (Å²) in [7, 11) is 0. The molecule has 6 nitrogen and oxygen atoms in total. The Morgan fingerprint density at radius 3 is 2.68 bits per heavy atom. The molecule has 22 heavy (non-hydrogen) atoms. The second-order valence-corrected chi connectivity index (χ2v) is 6.25. The van der Waals surface area contributed by atoms with Crippen molar-refractivity contribution in [3.8, 4) is 0 Å². The van der Waals surface area contributed by atoms with Gasteiger partial charge in [0.05, 0.1) is 16.8 Å². The van der Waals surface area contributed by atoms with Crippen molar-refractivity contribution in [2.24, 2.45) is 5.73 Å². The van der Waals surface area contributed by atoms with Gasteiger partial charge in [0.2, 0.25) is 11.8 Å². The third-order valence-electron chi connectivity index (χ3n) is 3.72. The second kappa shape index (κ2) is 6.39. The predicted molar refractivity (Wildman–Crippen MR) is 85.5 cm³/mol. The molecule has 116 valence electrons. The summed E-state index contributed by atoms with van der Waals surface area (Å²) in [6, 6.07) is 7.67. The first-order valence-corrected chi connectivity index (χ1v) is 8.28. The summed E-state index contributed by atoms with van der Waals surface area (Å²) in [5, 5.41) is 0.660. The Morgan fingerprint density at radius 1 is 1.23 bits per heavy atom. The fourth-order valence-corrected chi connectivity index (χ4v) is 3.41. The standard InChI is InChI=1S/C15H18N4O2S/c16-13(20)10-22-15-17-11-5-1-2-6-12(11)19(15)9-14(21)18-7-3-4-8-18/h1-2,5-6H,3-4,7-10H2,(H2,16,20). The fourth-order valence-electron chi connectivity index (χ4n) is 2.65. The van der Waals surface area contributed by atoms with Gasteiger partial charge in [0.15, 0.2) is 5.16 Å². The van der Waals surface area contributed by atoms with Crippen LogP contribution in [0.5, 0.6) is 0 Å². The highest BCUT2D eigenvalue weighted by atomic mass is 32.2. The highest BCUT2D eigenvalue weighted by Crippen LogP contribution is 2.24. The highest BCUT2D eigenvalue weighted by Gasteiger charge is 2.21. The molecule has 0 unspecified atom stereocenters. The SMILES string of the molecule is NC(=O)CSc1nc2ccccc2n1CC(=O)N1CCCC1. The molecule has 1 aromatic heterocycles. The number of nitrogens with zero attached hydrogens (tertiary/aromatic N) is 3. The van der Waals surface area contributed by atoms with Crippen LogP contribution in [0.4, 0.5) is 0 Å². The minimum absolute atomic E-state index is 0.0987. The number of fused-ring (bicyclic) bond motifs is 1. The van der Waals surface area contributed by atoms with E-state index in [4.69, 9.17) is 5.73 Å². The van der Waals surface area contributed by atoms with Gasteiger partial charge in [-0.25, -0.2) is 4.98 Å². The first-order valence-electron chi connectivity index (χ1n) is 7.29. The van der Waals surface area contributed by atoms with Crippen LogP contribution in [0.2, 0.25) is 0 Å². The van der Waals surface area contributed by atoms with Gasteiger partial charge in [0, 0.05) is 13.1 Å². The van der Waals surface area contributed by atoms with Gasteiger partial charge < -0.3 is 15.2 Å². The normalized spacial score (nSPS) is 14.6. The Labute approximate surface area is 132 Å². The Kier molecular flexibility index (Phi) is 4.33. The van der Waals surface area contributed by atoms with Gasteiger partial charge in [0.25, 0.3) is 0 Å². The van der Waals surface area contributed by atoms with Crippen molar-refractivity contribution in [3.63, 3.8) is 0 Å². The van der Waals surface area contributed by atoms with E-state index in [1.165, 1.54) is 11.8 Å². The van der Waals surface area contributed by atoms with Crippen molar-refractivity contribution in [2.45, 2.75) is 24.5 Å². The minimum atomic E-state index is -0.394. The van der Waals surface area contributed by atoms with E-state index >= 15 is 0 Å². The maximum Gasteiger partial charge on any atom is 0.242 e. The number of aromatic nitrogens is 2. The molecule has 2 amide bonds. The van der Waals surface area contributed by atoms with E-state index in [0.717, 1.165) is 37.0 Å². The number of carbonyl (C=O) groups is 2. The fraction of sp³-hybridized carbons (Fsp3) is 0.400. The number of nitrogens with two attached hydrogens (primary N) is 1. The van der Waals surface area contributed by atoms with Crippen molar-refractivity contribution in [3.05, 3.63) is 24.3 Å². The molecule has 1 fully saturated rings. The number of imidazole rings is 1. The zero-order valence-electron chi connectivity index (χ0n) is 12.2. The summed E-state index contributed by atoms with van der Waals surface area (Å²) < 4.78 is 1.88. The molecule has 0 radical (unpaired) electrons. The van der Waals surface area contributed by atoms with E-state index in [1.807, 2.05) is 33.7 Å². The first-order chi connectivity index (χ1) is 10.6. The molecule has 2 heterocycles. The lowest BCUT2D eigenvalue weighted by Gasteiger charge is -2.16. The van der Waals surface area contributed by atoms with Gasteiger partial charge in [-0.05, 0) is 25.0 Å². The van der Waals surface area contributed by atoms with Gasteiger partial charge in [0.1, 0.15) is 6.54 Å². The largest absolute Gasteiger partial charge is 0.369 e. The number of carbonyl (C=O) groups excluding carboxylic acids is 2. The molecular formula is C15H18N4O2S. The lowest BCUT2D eigenvalue weighted by atomic mass is 10.3. The Hall–Kier alpha value is -2.02. The van der Waals surface area contributed by atoms with E-state index < -0.39 is 5.91 Å². The summed E-state index contributed by atoms with van der Waals surface area (Å²) in [6.07, 6.45) is 2.14. The summed E-state index contributed by atoms with van der Waals surface area (Å²) in [5.41, 5.74) is 6.94. The van der Waals surface area contributed by atoms with Crippen LogP contribution < -0.4 is 5.73 Å². The zero-order valence-corrected chi connectivity index (χ0v) is 13.0. The smallest absolute Gasteiger partial charge is 0.242 e. The molecule has 0 aliphatic carbocycles. The van der Waals surface area contributed by atoms with Crippen LogP contribution in [-0.2, 0) is 16.1 Å². The maximum absolute atomic E-state index is 12.4. The number of hydrogen-bond acceptors (Lipinski definition) is 4. The molecule has 3 rings (SSSR count). The number of rotatable bonds is 5. The monoisotopic (exact) mass is 318 g/mol.